The highest BCUT2D eigenvalue weighted by molar-refractivity contribution is 5.79. The first kappa shape index (κ1) is 20.3. The summed E-state index contributed by atoms with van der Waals surface area (Å²) in [5.41, 5.74) is 0.630. The minimum Gasteiger partial charge on any atom is -0.388 e. The number of piperidine rings is 1. The lowest BCUT2D eigenvalue weighted by molar-refractivity contribution is -0.139. The molecule has 2 heterocycles. The minimum absolute atomic E-state index is 0.106. The van der Waals surface area contributed by atoms with Crippen molar-refractivity contribution in [2.24, 2.45) is 5.92 Å². The van der Waals surface area contributed by atoms with Gasteiger partial charge in [0.25, 0.3) is 5.56 Å². The lowest BCUT2D eigenvalue weighted by Crippen LogP contribution is -2.50. The number of carbonyl (C=O) groups is 1. The van der Waals surface area contributed by atoms with Crippen LogP contribution in [0, 0.1) is 5.92 Å². The maximum atomic E-state index is 12.9. The third kappa shape index (κ3) is 4.28. The van der Waals surface area contributed by atoms with Gasteiger partial charge in [-0.1, -0.05) is 49.4 Å². The second-order valence-electron chi connectivity index (χ2n) is 8.34. The normalized spacial score (nSPS) is 17.1. The fourth-order valence-electron chi connectivity index (χ4n) is 4.20. The van der Waals surface area contributed by atoms with Crippen LogP contribution >= 0.6 is 0 Å². The van der Waals surface area contributed by atoms with Gasteiger partial charge in [0.1, 0.15) is 0 Å². The molecule has 1 aromatic heterocycles. The van der Waals surface area contributed by atoms with Crippen LogP contribution in [0.1, 0.15) is 25.3 Å². The molecule has 1 saturated heterocycles. The lowest BCUT2D eigenvalue weighted by Gasteiger charge is -2.39. The molecule has 6 heteroatoms. The number of nitrogens with zero attached hydrogens (tertiary/aromatic N) is 3. The zero-order valence-electron chi connectivity index (χ0n) is 17.2. The van der Waals surface area contributed by atoms with Crippen LogP contribution in [0.5, 0.6) is 0 Å². The van der Waals surface area contributed by atoms with E-state index < -0.39 is 5.60 Å². The first-order valence-electron chi connectivity index (χ1n) is 10.4. The number of carbonyl (C=O) groups excluding carboxylic acids is 1. The number of aliphatic hydroxyl groups is 1. The van der Waals surface area contributed by atoms with Gasteiger partial charge in [0.2, 0.25) is 5.91 Å². The van der Waals surface area contributed by atoms with Crippen LogP contribution in [-0.2, 0) is 17.8 Å². The Morgan fingerprint density at radius 3 is 2.50 bits per heavy atom. The van der Waals surface area contributed by atoms with Crippen molar-refractivity contribution in [2.75, 3.05) is 13.1 Å². The van der Waals surface area contributed by atoms with Crippen molar-refractivity contribution in [2.45, 2.75) is 38.3 Å². The number of hydrogen-bond acceptors (Lipinski definition) is 4. The van der Waals surface area contributed by atoms with Gasteiger partial charge in [0.05, 0.1) is 29.4 Å². The highest BCUT2D eigenvalue weighted by Crippen LogP contribution is 2.25. The number of para-hydroxylation sites is 1. The van der Waals surface area contributed by atoms with Gasteiger partial charge in [-0.25, -0.2) is 4.98 Å². The minimum atomic E-state index is -1.02. The molecule has 0 spiro atoms. The summed E-state index contributed by atoms with van der Waals surface area (Å²) in [5, 5.41) is 11.6. The van der Waals surface area contributed by atoms with Crippen LogP contribution in [-0.4, -0.2) is 44.2 Å². The number of amides is 1. The van der Waals surface area contributed by atoms with Crippen molar-refractivity contribution in [3.05, 3.63) is 76.8 Å². The molecule has 156 valence electrons. The molecule has 1 aliphatic heterocycles. The van der Waals surface area contributed by atoms with E-state index in [2.05, 4.69) is 4.98 Å². The molecule has 0 radical (unpaired) electrons. The summed E-state index contributed by atoms with van der Waals surface area (Å²) < 4.78 is 1.48. The smallest absolute Gasteiger partial charge is 0.261 e. The summed E-state index contributed by atoms with van der Waals surface area (Å²) in [6.45, 7) is 3.12. The van der Waals surface area contributed by atoms with Gasteiger partial charge in [-0.2, -0.15) is 0 Å². The predicted molar refractivity (Wildman–Crippen MR) is 116 cm³/mol. The molecular weight excluding hydrogens is 378 g/mol. The number of rotatable bonds is 5. The van der Waals surface area contributed by atoms with E-state index in [1.54, 1.807) is 12.1 Å². The van der Waals surface area contributed by atoms with Crippen molar-refractivity contribution < 1.29 is 9.90 Å². The van der Waals surface area contributed by atoms with Crippen molar-refractivity contribution >= 4 is 16.8 Å². The molecule has 1 fully saturated rings. The zero-order valence-corrected chi connectivity index (χ0v) is 17.2. The molecule has 30 heavy (non-hydrogen) atoms. The molecule has 0 bridgehead atoms. The van der Waals surface area contributed by atoms with Gasteiger partial charge < -0.3 is 10.0 Å². The van der Waals surface area contributed by atoms with Crippen LogP contribution in [0.25, 0.3) is 10.9 Å². The van der Waals surface area contributed by atoms with Crippen LogP contribution < -0.4 is 5.56 Å². The Morgan fingerprint density at radius 2 is 1.77 bits per heavy atom. The van der Waals surface area contributed by atoms with Crippen LogP contribution in [0.2, 0.25) is 0 Å². The maximum absolute atomic E-state index is 12.9. The van der Waals surface area contributed by atoms with Gasteiger partial charge in [0, 0.05) is 19.0 Å². The van der Waals surface area contributed by atoms with Crippen molar-refractivity contribution in [1.29, 1.82) is 0 Å². The molecule has 1 atom stereocenters. The summed E-state index contributed by atoms with van der Waals surface area (Å²) in [6.07, 6.45) is 3.09. The fourth-order valence-corrected chi connectivity index (χ4v) is 4.20. The molecule has 1 aliphatic rings. The molecule has 0 aliphatic carbocycles. The van der Waals surface area contributed by atoms with E-state index in [9.17, 15) is 14.7 Å². The first-order chi connectivity index (χ1) is 14.5. The van der Waals surface area contributed by atoms with E-state index in [-0.39, 0.29) is 23.9 Å². The molecular formula is C24H27N3O3. The Kier molecular flexibility index (Phi) is 5.68. The third-order valence-corrected chi connectivity index (χ3v) is 6.01. The molecule has 1 amide bonds. The van der Waals surface area contributed by atoms with Crippen molar-refractivity contribution in [3.8, 4) is 0 Å². The molecule has 0 saturated carbocycles. The summed E-state index contributed by atoms with van der Waals surface area (Å²) in [7, 11) is 0. The molecule has 1 N–H and O–H groups in total. The Bertz CT molecular complexity index is 1090. The first-order valence-corrected chi connectivity index (χ1v) is 10.4. The lowest BCUT2D eigenvalue weighted by atomic mass is 9.90. The van der Waals surface area contributed by atoms with E-state index in [0.29, 0.717) is 43.3 Å². The summed E-state index contributed by atoms with van der Waals surface area (Å²) >= 11 is 0. The van der Waals surface area contributed by atoms with Crippen molar-refractivity contribution in [1.82, 2.24) is 14.5 Å². The average molecular weight is 405 g/mol. The standard InChI is InChI=1S/C24H27N3O3/c1-18(15-19-7-3-2-4-8-19)22(28)26-13-11-24(30,12-14-26)16-27-17-25-21-10-6-5-9-20(21)23(27)29/h2-10,17-18,30H,11-16H2,1H3/t18-/m0/s1. The Balaban J connectivity index is 1.39. The van der Waals surface area contributed by atoms with E-state index in [4.69, 9.17) is 0 Å². The van der Waals surface area contributed by atoms with E-state index >= 15 is 0 Å². The van der Waals surface area contributed by atoms with E-state index in [1.165, 1.54) is 10.9 Å². The number of hydrogen-bond donors (Lipinski definition) is 1. The van der Waals surface area contributed by atoms with Crippen LogP contribution in [0.3, 0.4) is 0 Å². The largest absolute Gasteiger partial charge is 0.388 e. The Hall–Kier alpha value is -2.99. The van der Waals surface area contributed by atoms with Gasteiger partial charge in [-0.05, 0) is 37.0 Å². The Labute approximate surface area is 175 Å². The highest BCUT2D eigenvalue weighted by Gasteiger charge is 2.35. The second-order valence-corrected chi connectivity index (χ2v) is 8.34. The second kappa shape index (κ2) is 8.40. The van der Waals surface area contributed by atoms with Gasteiger partial charge in [-0.15, -0.1) is 0 Å². The van der Waals surface area contributed by atoms with Gasteiger partial charge in [-0.3, -0.25) is 14.2 Å². The third-order valence-electron chi connectivity index (χ3n) is 6.01. The van der Waals surface area contributed by atoms with Gasteiger partial charge in [0.15, 0.2) is 0 Å². The van der Waals surface area contributed by atoms with Crippen LogP contribution in [0.4, 0.5) is 0 Å². The van der Waals surface area contributed by atoms with Gasteiger partial charge >= 0.3 is 0 Å². The zero-order chi connectivity index (χ0) is 21.1. The van der Waals surface area contributed by atoms with Crippen molar-refractivity contribution in [3.63, 3.8) is 0 Å². The topological polar surface area (TPSA) is 75.4 Å². The SMILES string of the molecule is C[C@@H](Cc1ccccc1)C(=O)N1CCC(O)(Cn2cnc3ccccc3c2=O)CC1. The molecule has 0 unspecified atom stereocenters. The predicted octanol–water partition coefficient (Wildman–Crippen LogP) is 2.63. The summed E-state index contributed by atoms with van der Waals surface area (Å²) in [4.78, 5) is 31.7. The molecule has 6 nitrogen and oxygen atoms in total. The summed E-state index contributed by atoms with van der Waals surface area (Å²) in [6, 6.07) is 17.2. The summed E-state index contributed by atoms with van der Waals surface area (Å²) in [5.74, 6) is 0.0105. The van der Waals surface area contributed by atoms with E-state index in [1.807, 2.05) is 54.3 Å². The number of likely N-dealkylation sites (tertiary alicyclic amines) is 1. The number of fused-ring (bicyclic) bond motifs is 1. The quantitative estimate of drug-likeness (QED) is 0.708. The molecule has 3 aromatic rings. The van der Waals surface area contributed by atoms with E-state index in [0.717, 1.165) is 5.56 Å². The highest BCUT2D eigenvalue weighted by atomic mass is 16.3. The Morgan fingerprint density at radius 1 is 1.10 bits per heavy atom. The fraction of sp³-hybridized carbons (Fsp3) is 0.375. The molecule has 2 aromatic carbocycles. The number of aromatic nitrogens is 2. The monoisotopic (exact) mass is 405 g/mol. The average Bonchev–Trinajstić information content (AvgIpc) is 2.76. The molecule has 4 rings (SSSR count). The number of benzene rings is 2. The van der Waals surface area contributed by atoms with Crippen LogP contribution in [0.15, 0.2) is 65.7 Å². The maximum Gasteiger partial charge on any atom is 0.261 e.